The molecule has 0 spiro atoms. The molecule has 1 saturated heterocycles. The quantitative estimate of drug-likeness (QED) is 0.583. The molecule has 4 rings (SSSR count). The van der Waals surface area contributed by atoms with Gasteiger partial charge in [0.25, 0.3) is 0 Å². The van der Waals surface area contributed by atoms with E-state index < -0.39 is 12.1 Å². The second-order valence-corrected chi connectivity index (χ2v) is 9.26. The van der Waals surface area contributed by atoms with Gasteiger partial charge >= 0.3 is 12.1 Å². The van der Waals surface area contributed by atoms with Crippen molar-refractivity contribution in [2.45, 2.75) is 50.6 Å². The number of ketones is 1. The van der Waals surface area contributed by atoms with E-state index in [2.05, 4.69) is 12.1 Å². The van der Waals surface area contributed by atoms with Crippen LogP contribution in [-0.2, 0) is 22.4 Å². The van der Waals surface area contributed by atoms with Gasteiger partial charge in [-0.1, -0.05) is 42.5 Å². The maximum atomic E-state index is 12.8. The van der Waals surface area contributed by atoms with Crippen molar-refractivity contribution in [2.24, 2.45) is 0 Å². The Morgan fingerprint density at radius 3 is 2.11 bits per heavy atom. The summed E-state index contributed by atoms with van der Waals surface area (Å²) in [6.07, 6.45) is -2.28. The predicted octanol–water partition coefficient (Wildman–Crippen LogP) is 4.55. The minimum Gasteiger partial charge on any atom is -0.343 e. The molecule has 0 atom stereocenters. The molecule has 0 radical (unpaired) electrons. The molecule has 0 bridgehead atoms. The van der Waals surface area contributed by atoms with Gasteiger partial charge in [-0.3, -0.25) is 14.4 Å². The molecule has 0 unspecified atom stereocenters. The molecule has 2 aromatic carbocycles. The number of halogens is 3. The van der Waals surface area contributed by atoms with Crippen LogP contribution in [0.2, 0.25) is 0 Å². The summed E-state index contributed by atoms with van der Waals surface area (Å²) in [4.78, 5) is 39.7. The second-order valence-electron chi connectivity index (χ2n) is 9.26. The van der Waals surface area contributed by atoms with Crippen LogP contribution in [0, 0.1) is 0 Å². The van der Waals surface area contributed by atoms with Gasteiger partial charge in [-0.2, -0.15) is 13.2 Å². The van der Waals surface area contributed by atoms with E-state index in [1.165, 1.54) is 5.56 Å². The lowest BCUT2D eigenvalue weighted by molar-refractivity contribution is -0.185. The third-order valence-electron chi connectivity index (χ3n) is 7.04. The van der Waals surface area contributed by atoms with Crippen LogP contribution in [-0.4, -0.2) is 59.8 Å². The highest BCUT2D eigenvalue weighted by atomic mass is 19.4. The second kappa shape index (κ2) is 10.6. The van der Waals surface area contributed by atoms with E-state index in [0.29, 0.717) is 31.0 Å². The zero-order valence-corrected chi connectivity index (χ0v) is 19.5. The van der Waals surface area contributed by atoms with Crippen LogP contribution in [0.1, 0.15) is 58.6 Å². The molecule has 2 aliphatic heterocycles. The molecule has 5 nitrogen and oxygen atoms in total. The Morgan fingerprint density at radius 2 is 1.46 bits per heavy atom. The minimum atomic E-state index is -4.89. The summed E-state index contributed by atoms with van der Waals surface area (Å²) < 4.78 is 38.3. The number of rotatable bonds is 5. The summed E-state index contributed by atoms with van der Waals surface area (Å²) in [5, 5.41) is 0. The van der Waals surface area contributed by atoms with E-state index in [4.69, 9.17) is 0 Å². The first-order valence-corrected chi connectivity index (χ1v) is 12.1. The normalized spacial score (nSPS) is 17.0. The van der Waals surface area contributed by atoms with Crippen molar-refractivity contribution < 1.29 is 27.6 Å². The molecule has 2 amide bonds. The van der Waals surface area contributed by atoms with E-state index >= 15 is 0 Å². The highest BCUT2D eigenvalue weighted by Gasteiger charge is 2.42. The largest absolute Gasteiger partial charge is 0.471 e. The van der Waals surface area contributed by atoms with Crippen LogP contribution in [0.3, 0.4) is 0 Å². The number of nitrogens with zero attached hydrogens (tertiary/aromatic N) is 2. The predicted molar refractivity (Wildman–Crippen MR) is 125 cm³/mol. The zero-order valence-electron chi connectivity index (χ0n) is 19.5. The van der Waals surface area contributed by atoms with Gasteiger partial charge in [0.05, 0.1) is 0 Å². The Labute approximate surface area is 202 Å². The first-order chi connectivity index (χ1) is 16.7. The van der Waals surface area contributed by atoms with Crippen molar-refractivity contribution in [2.75, 3.05) is 26.2 Å². The summed E-state index contributed by atoms with van der Waals surface area (Å²) in [6, 6.07) is 15.4. The molecule has 0 aliphatic carbocycles. The fraction of sp³-hybridized carbons (Fsp3) is 0.444. The van der Waals surface area contributed by atoms with Gasteiger partial charge in [-0.25, -0.2) is 0 Å². The fourth-order valence-corrected chi connectivity index (χ4v) is 4.99. The van der Waals surface area contributed by atoms with Crippen LogP contribution >= 0.6 is 0 Å². The number of carbonyl (C=O) groups excluding carboxylic acids is 3. The van der Waals surface area contributed by atoms with Crippen molar-refractivity contribution >= 4 is 17.6 Å². The van der Waals surface area contributed by atoms with Crippen LogP contribution in [0.15, 0.2) is 48.5 Å². The molecule has 0 N–H and O–H groups in total. The first kappa shape index (κ1) is 24.9. The lowest BCUT2D eigenvalue weighted by atomic mass is 9.89. The standard InChI is InChI=1S/C27H29F3N2O3/c28-27(29,30)26(35)32-16-12-20-6-7-23(18-22(20)13-17-32)24(33)8-9-25(34)31-14-10-21(11-15-31)19-4-2-1-3-5-19/h1-7,18,21H,8-17H2. The molecule has 0 aromatic heterocycles. The van der Waals surface area contributed by atoms with Gasteiger partial charge in [0, 0.05) is 44.6 Å². The number of piperidine rings is 1. The molecule has 0 saturated carbocycles. The Hall–Kier alpha value is -3.16. The maximum Gasteiger partial charge on any atom is 0.471 e. The number of hydrogen-bond acceptors (Lipinski definition) is 3. The van der Waals surface area contributed by atoms with Crippen molar-refractivity contribution in [1.29, 1.82) is 0 Å². The number of hydrogen-bond donors (Lipinski definition) is 0. The molecule has 186 valence electrons. The van der Waals surface area contributed by atoms with Gasteiger partial charge in [0.2, 0.25) is 5.91 Å². The van der Waals surface area contributed by atoms with Crippen LogP contribution in [0.5, 0.6) is 0 Å². The fourth-order valence-electron chi connectivity index (χ4n) is 4.99. The Balaban J connectivity index is 1.28. The smallest absolute Gasteiger partial charge is 0.343 e. The number of alkyl halides is 3. The minimum absolute atomic E-state index is 0.00585. The number of benzene rings is 2. The van der Waals surface area contributed by atoms with E-state index in [1.54, 1.807) is 18.2 Å². The number of Topliss-reactive ketones (excluding diaryl/α,β-unsaturated/α-hetero) is 1. The topological polar surface area (TPSA) is 57.7 Å². The lowest BCUT2D eigenvalue weighted by Crippen LogP contribution is -2.42. The highest BCUT2D eigenvalue weighted by Crippen LogP contribution is 2.28. The van der Waals surface area contributed by atoms with Gasteiger partial charge in [-0.15, -0.1) is 0 Å². The molecule has 2 aromatic rings. The molecule has 1 fully saturated rings. The van der Waals surface area contributed by atoms with Crippen molar-refractivity contribution in [3.05, 3.63) is 70.8 Å². The monoisotopic (exact) mass is 486 g/mol. The Morgan fingerprint density at radius 1 is 0.800 bits per heavy atom. The van der Waals surface area contributed by atoms with Gasteiger partial charge < -0.3 is 9.80 Å². The highest BCUT2D eigenvalue weighted by molar-refractivity contribution is 5.98. The molecule has 2 heterocycles. The van der Waals surface area contributed by atoms with Crippen molar-refractivity contribution in [3.63, 3.8) is 0 Å². The van der Waals surface area contributed by atoms with Gasteiger partial charge in [0.15, 0.2) is 5.78 Å². The molecule has 2 aliphatic rings. The number of likely N-dealkylation sites (tertiary alicyclic amines) is 1. The average molecular weight is 487 g/mol. The van der Waals surface area contributed by atoms with E-state index in [9.17, 15) is 27.6 Å². The van der Waals surface area contributed by atoms with Crippen LogP contribution < -0.4 is 0 Å². The molecular formula is C27H29F3N2O3. The van der Waals surface area contributed by atoms with Gasteiger partial charge in [-0.05, 0) is 54.4 Å². The van der Waals surface area contributed by atoms with Crippen molar-refractivity contribution in [1.82, 2.24) is 9.80 Å². The maximum absolute atomic E-state index is 12.8. The molecular weight excluding hydrogens is 457 g/mol. The van der Waals surface area contributed by atoms with E-state index in [0.717, 1.165) is 28.9 Å². The van der Waals surface area contributed by atoms with Gasteiger partial charge in [0.1, 0.15) is 0 Å². The average Bonchev–Trinajstić information content (AvgIpc) is 3.08. The lowest BCUT2D eigenvalue weighted by Gasteiger charge is -2.32. The summed E-state index contributed by atoms with van der Waals surface area (Å²) in [7, 11) is 0. The summed E-state index contributed by atoms with van der Waals surface area (Å²) in [6.45, 7) is 1.31. The number of fused-ring (bicyclic) bond motifs is 1. The summed E-state index contributed by atoms with van der Waals surface area (Å²) in [5.41, 5.74) is 3.37. The summed E-state index contributed by atoms with van der Waals surface area (Å²) >= 11 is 0. The first-order valence-electron chi connectivity index (χ1n) is 12.1. The van der Waals surface area contributed by atoms with Crippen molar-refractivity contribution in [3.8, 4) is 0 Å². The zero-order chi connectivity index (χ0) is 25.0. The molecule has 35 heavy (non-hydrogen) atoms. The number of amides is 2. The van der Waals surface area contributed by atoms with E-state index in [-0.39, 0.29) is 44.0 Å². The van der Waals surface area contributed by atoms with Crippen LogP contribution in [0.25, 0.3) is 0 Å². The Bertz CT molecular complexity index is 1080. The van der Waals surface area contributed by atoms with E-state index in [1.807, 2.05) is 23.1 Å². The SMILES string of the molecule is O=C(CCC(=O)N1CCC(c2ccccc2)CC1)c1ccc2c(c1)CCN(C(=O)C(F)(F)F)CC2. The third-order valence-corrected chi connectivity index (χ3v) is 7.04. The number of carbonyl (C=O) groups is 3. The summed E-state index contributed by atoms with van der Waals surface area (Å²) in [5.74, 6) is -1.56. The van der Waals surface area contributed by atoms with Crippen LogP contribution in [0.4, 0.5) is 13.2 Å². The Kier molecular flexibility index (Phi) is 7.57. The third kappa shape index (κ3) is 6.10. The molecule has 8 heteroatoms.